The fourth-order valence-electron chi connectivity index (χ4n) is 2.84. The number of phenolic OH excluding ortho intramolecular Hbond substituents is 1. The maximum atomic E-state index is 12.2. The Morgan fingerprint density at radius 3 is 2.23 bits per heavy atom. The van der Waals surface area contributed by atoms with Crippen LogP contribution < -0.4 is 0 Å². The van der Waals surface area contributed by atoms with Crippen molar-refractivity contribution in [3.8, 4) is 5.75 Å². The van der Waals surface area contributed by atoms with Crippen LogP contribution in [0.2, 0.25) is 0 Å². The number of hydrogen-bond acceptors (Lipinski definition) is 2. The molecule has 1 atom stereocenters. The van der Waals surface area contributed by atoms with Crippen molar-refractivity contribution in [2.24, 2.45) is 0 Å². The van der Waals surface area contributed by atoms with E-state index in [-0.39, 0.29) is 5.75 Å². The third-order valence-electron chi connectivity index (χ3n) is 4.14. The Labute approximate surface area is 131 Å². The second kappa shape index (κ2) is 7.12. The first-order valence-electron chi connectivity index (χ1n) is 7.65. The van der Waals surface area contributed by atoms with E-state index in [0.717, 1.165) is 24.0 Å². The largest absolute Gasteiger partial charge is 0.508 e. The number of aromatic hydroxyl groups is 1. The highest BCUT2D eigenvalue weighted by Gasteiger charge is 2.39. The van der Waals surface area contributed by atoms with Crippen LogP contribution in [0.15, 0.2) is 54.6 Å². The van der Waals surface area contributed by atoms with Crippen molar-refractivity contribution in [1.29, 1.82) is 0 Å². The Bertz CT molecular complexity index is 604. The molecule has 0 saturated heterocycles. The lowest BCUT2D eigenvalue weighted by molar-refractivity contribution is -0.144. The monoisotopic (exact) mass is 298 g/mol. The van der Waals surface area contributed by atoms with Gasteiger partial charge < -0.3 is 10.2 Å². The fraction of sp³-hybridized carbons (Fsp3) is 0.316. The number of carboxylic acids is 1. The molecule has 22 heavy (non-hydrogen) atoms. The van der Waals surface area contributed by atoms with E-state index in [9.17, 15) is 15.0 Å². The van der Waals surface area contributed by atoms with Crippen molar-refractivity contribution in [3.63, 3.8) is 0 Å². The third-order valence-corrected chi connectivity index (χ3v) is 4.14. The number of phenols is 1. The summed E-state index contributed by atoms with van der Waals surface area (Å²) in [6.07, 6.45) is 2.83. The highest BCUT2D eigenvalue weighted by molar-refractivity contribution is 5.82. The lowest BCUT2D eigenvalue weighted by Crippen LogP contribution is -2.38. The molecule has 1 unspecified atom stereocenters. The zero-order chi connectivity index (χ0) is 16.0. The van der Waals surface area contributed by atoms with E-state index in [2.05, 4.69) is 6.92 Å². The van der Waals surface area contributed by atoms with Gasteiger partial charge in [-0.3, -0.25) is 4.79 Å². The molecule has 0 radical (unpaired) electrons. The van der Waals surface area contributed by atoms with Gasteiger partial charge in [0.05, 0.1) is 5.41 Å². The normalized spacial score (nSPS) is 13.5. The van der Waals surface area contributed by atoms with E-state index in [1.807, 2.05) is 30.3 Å². The topological polar surface area (TPSA) is 57.5 Å². The number of unbranched alkanes of at least 4 members (excludes halogenated alkanes) is 1. The number of hydrogen-bond donors (Lipinski definition) is 2. The zero-order valence-electron chi connectivity index (χ0n) is 12.8. The van der Waals surface area contributed by atoms with E-state index in [1.54, 1.807) is 24.3 Å². The predicted octanol–water partition coefficient (Wildman–Crippen LogP) is 4.15. The first-order valence-corrected chi connectivity index (χ1v) is 7.65. The van der Waals surface area contributed by atoms with Crippen LogP contribution in [-0.4, -0.2) is 16.2 Å². The Balaban J connectivity index is 2.45. The van der Waals surface area contributed by atoms with Crippen molar-refractivity contribution < 1.29 is 15.0 Å². The summed E-state index contributed by atoms with van der Waals surface area (Å²) in [5.74, 6) is -0.659. The van der Waals surface area contributed by atoms with Crippen LogP contribution in [0.4, 0.5) is 0 Å². The van der Waals surface area contributed by atoms with Gasteiger partial charge >= 0.3 is 5.97 Å². The van der Waals surface area contributed by atoms with Crippen LogP contribution in [0.1, 0.15) is 37.3 Å². The molecule has 0 aliphatic rings. The summed E-state index contributed by atoms with van der Waals surface area (Å²) in [6.45, 7) is 2.06. The predicted molar refractivity (Wildman–Crippen MR) is 87.1 cm³/mol. The van der Waals surface area contributed by atoms with Crippen molar-refractivity contribution >= 4 is 5.97 Å². The summed E-state index contributed by atoms with van der Waals surface area (Å²) in [5, 5.41) is 19.5. The lowest BCUT2D eigenvalue weighted by atomic mass is 9.72. The van der Waals surface area contributed by atoms with Gasteiger partial charge in [-0.1, -0.05) is 62.2 Å². The number of carbonyl (C=O) groups is 1. The first-order chi connectivity index (χ1) is 10.6. The summed E-state index contributed by atoms with van der Waals surface area (Å²) >= 11 is 0. The minimum absolute atomic E-state index is 0.151. The van der Waals surface area contributed by atoms with Gasteiger partial charge in [0.1, 0.15) is 5.75 Å². The fourth-order valence-corrected chi connectivity index (χ4v) is 2.84. The molecule has 2 rings (SSSR count). The highest BCUT2D eigenvalue weighted by atomic mass is 16.4. The molecule has 0 fully saturated rings. The van der Waals surface area contributed by atoms with Gasteiger partial charge in [0, 0.05) is 0 Å². The third kappa shape index (κ3) is 3.48. The summed E-state index contributed by atoms with van der Waals surface area (Å²) in [5.41, 5.74) is 0.801. The molecule has 0 amide bonds. The molecule has 3 heteroatoms. The van der Waals surface area contributed by atoms with Gasteiger partial charge in [0.2, 0.25) is 0 Å². The van der Waals surface area contributed by atoms with E-state index < -0.39 is 11.4 Å². The van der Waals surface area contributed by atoms with Crippen LogP contribution in [0, 0.1) is 0 Å². The average Bonchev–Trinajstić information content (AvgIpc) is 2.53. The van der Waals surface area contributed by atoms with E-state index in [0.29, 0.717) is 12.8 Å². The van der Waals surface area contributed by atoms with Gasteiger partial charge in [-0.2, -0.15) is 0 Å². The molecular formula is C19H22O3. The molecule has 2 N–H and O–H groups in total. The van der Waals surface area contributed by atoms with Gasteiger partial charge in [0.25, 0.3) is 0 Å². The summed E-state index contributed by atoms with van der Waals surface area (Å²) in [6, 6.07) is 16.3. The molecular weight excluding hydrogens is 276 g/mol. The number of carboxylic acid groups (broad SMARTS) is 1. The smallest absolute Gasteiger partial charge is 0.314 e. The van der Waals surface area contributed by atoms with E-state index in [4.69, 9.17) is 0 Å². The Hall–Kier alpha value is -2.29. The summed E-state index contributed by atoms with van der Waals surface area (Å²) in [7, 11) is 0. The molecule has 0 heterocycles. The van der Waals surface area contributed by atoms with Crippen molar-refractivity contribution in [1.82, 2.24) is 0 Å². The van der Waals surface area contributed by atoms with Crippen LogP contribution in [-0.2, 0) is 16.6 Å². The van der Waals surface area contributed by atoms with Crippen molar-refractivity contribution in [2.75, 3.05) is 0 Å². The van der Waals surface area contributed by atoms with Crippen LogP contribution in [0.3, 0.4) is 0 Å². The minimum atomic E-state index is -0.953. The molecule has 0 aliphatic heterocycles. The molecule has 116 valence electrons. The first kappa shape index (κ1) is 16.1. The maximum Gasteiger partial charge on any atom is 0.314 e. The van der Waals surface area contributed by atoms with Gasteiger partial charge in [0.15, 0.2) is 0 Å². The molecule has 2 aromatic carbocycles. The molecule has 0 saturated carbocycles. The average molecular weight is 298 g/mol. The molecule has 0 spiro atoms. The number of benzene rings is 2. The molecule has 0 aromatic heterocycles. The van der Waals surface area contributed by atoms with Gasteiger partial charge in [-0.15, -0.1) is 0 Å². The maximum absolute atomic E-state index is 12.2. The lowest BCUT2D eigenvalue weighted by Gasteiger charge is -2.30. The molecule has 0 aliphatic carbocycles. The van der Waals surface area contributed by atoms with E-state index in [1.165, 1.54) is 0 Å². The standard InChI is InChI=1S/C19H22O3/c1-2-3-13-19(18(21)22,14-15-7-5-4-6-8-15)16-9-11-17(20)12-10-16/h4-12,20H,2-3,13-14H2,1H3,(H,21,22). The van der Waals surface area contributed by atoms with Crippen LogP contribution >= 0.6 is 0 Å². The van der Waals surface area contributed by atoms with Gasteiger partial charge in [-0.25, -0.2) is 0 Å². The SMILES string of the molecule is CCCCC(Cc1ccccc1)(C(=O)O)c1ccc(O)cc1. The minimum Gasteiger partial charge on any atom is -0.508 e. The van der Waals surface area contributed by atoms with Crippen molar-refractivity contribution in [2.45, 2.75) is 38.0 Å². The highest BCUT2D eigenvalue weighted by Crippen LogP contribution is 2.35. The zero-order valence-corrected chi connectivity index (χ0v) is 12.8. The molecule has 2 aromatic rings. The van der Waals surface area contributed by atoms with Crippen LogP contribution in [0.25, 0.3) is 0 Å². The van der Waals surface area contributed by atoms with Gasteiger partial charge in [-0.05, 0) is 36.1 Å². The summed E-state index contributed by atoms with van der Waals surface area (Å²) in [4.78, 5) is 12.2. The van der Waals surface area contributed by atoms with Crippen LogP contribution in [0.5, 0.6) is 5.75 Å². The summed E-state index contributed by atoms with van der Waals surface area (Å²) < 4.78 is 0. The van der Waals surface area contributed by atoms with Crippen molar-refractivity contribution in [3.05, 3.63) is 65.7 Å². The number of aliphatic carboxylic acids is 1. The Kier molecular flexibility index (Phi) is 5.21. The second-order valence-corrected chi connectivity index (χ2v) is 5.70. The Morgan fingerprint density at radius 1 is 1.05 bits per heavy atom. The quantitative estimate of drug-likeness (QED) is 0.807. The second-order valence-electron chi connectivity index (χ2n) is 5.70. The molecule has 3 nitrogen and oxygen atoms in total. The van der Waals surface area contributed by atoms with E-state index >= 15 is 0 Å². The number of rotatable bonds is 7. The molecule has 0 bridgehead atoms. The Morgan fingerprint density at radius 2 is 1.68 bits per heavy atom.